The molecule has 29 heavy (non-hydrogen) atoms. The summed E-state index contributed by atoms with van der Waals surface area (Å²) in [5, 5.41) is 6.78. The van der Waals surface area contributed by atoms with Crippen LogP contribution in [-0.2, 0) is 18.3 Å². The number of aromatic nitrogens is 1. The van der Waals surface area contributed by atoms with Gasteiger partial charge >= 0.3 is 5.97 Å². The first-order chi connectivity index (χ1) is 14.1. The van der Waals surface area contributed by atoms with E-state index in [-0.39, 0.29) is 12.5 Å². The molecule has 0 unspecified atom stereocenters. The molecule has 0 saturated carbocycles. The van der Waals surface area contributed by atoms with Gasteiger partial charge in [-0.2, -0.15) is 5.11 Å². The average Bonchev–Trinajstić information content (AvgIpc) is 3.00. The van der Waals surface area contributed by atoms with Gasteiger partial charge in [0.25, 0.3) is 0 Å². The van der Waals surface area contributed by atoms with Crippen molar-refractivity contribution in [2.45, 2.75) is 20.4 Å². The van der Waals surface area contributed by atoms with Gasteiger partial charge in [0.15, 0.2) is 0 Å². The Kier molecular flexibility index (Phi) is 4.89. The van der Waals surface area contributed by atoms with Crippen molar-refractivity contribution in [2.75, 3.05) is 6.61 Å². The van der Waals surface area contributed by atoms with Crippen molar-refractivity contribution in [3.63, 3.8) is 0 Å². The molecule has 3 aromatic carbocycles. The summed E-state index contributed by atoms with van der Waals surface area (Å²) in [7, 11) is 1.91. The first-order valence-corrected chi connectivity index (χ1v) is 9.67. The number of nitrogens with one attached hydrogen (secondary N) is 1. The number of carbonyl (C=O) groups is 1. The topological polar surface area (TPSA) is 67.4 Å². The third kappa shape index (κ3) is 3.09. The van der Waals surface area contributed by atoms with Crippen molar-refractivity contribution in [1.82, 2.24) is 4.57 Å². The predicted octanol–water partition coefficient (Wildman–Crippen LogP) is 6.01. The maximum atomic E-state index is 12.6. The maximum absolute atomic E-state index is 12.6. The molecule has 1 heterocycles. The Labute approximate surface area is 169 Å². The number of hydrogen-bond donors (Lipinski definition) is 1. The lowest BCUT2D eigenvalue weighted by atomic mass is 9.95. The maximum Gasteiger partial charge on any atom is 0.340 e. The number of fused-ring (bicyclic) bond motifs is 2. The molecule has 0 aliphatic heterocycles. The smallest absolute Gasteiger partial charge is 0.340 e. The number of nitrogens with zero attached hydrogens (tertiary/aromatic N) is 2. The molecule has 0 amide bonds. The second-order valence-corrected chi connectivity index (χ2v) is 7.12. The summed E-state index contributed by atoms with van der Waals surface area (Å²) >= 11 is 0. The molecule has 0 atom stereocenters. The van der Waals surface area contributed by atoms with E-state index in [1.54, 1.807) is 6.92 Å². The van der Waals surface area contributed by atoms with Gasteiger partial charge in [0.1, 0.15) is 6.54 Å². The number of rotatable bonds is 5. The zero-order valence-electron chi connectivity index (χ0n) is 16.8. The molecular weight excluding hydrogens is 362 g/mol. The molecule has 146 valence electrons. The molecule has 0 aliphatic carbocycles. The van der Waals surface area contributed by atoms with Crippen LogP contribution in [0.1, 0.15) is 28.5 Å². The Bertz CT molecular complexity index is 1250. The fourth-order valence-corrected chi connectivity index (χ4v) is 4.07. The highest BCUT2D eigenvalue weighted by Crippen LogP contribution is 2.34. The average molecular weight is 385 g/mol. The molecule has 1 aromatic heterocycles. The number of benzene rings is 3. The number of carbonyl (C=O) groups excluding carboxylic acids is 1. The van der Waals surface area contributed by atoms with Crippen molar-refractivity contribution < 1.29 is 9.53 Å². The molecule has 0 fully saturated rings. The first kappa shape index (κ1) is 18.9. The van der Waals surface area contributed by atoms with Gasteiger partial charge in [-0.05, 0) is 47.4 Å². The van der Waals surface area contributed by atoms with Crippen molar-refractivity contribution in [2.24, 2.45) is 12.2 Å². The lowest BCUT2D eigenvalue weighted by Gasteiger charge is -2.10. The summed E-state index contributed by atoms with van der Waals surface area (Å²) in [6.45, 7) is 4.36. The number of ether oxygens (including phenoxy) is 1. The lowest BCUT2D eigenvalue weighted by Crippen LogP contribution is -2.08. The highest BCUT2D eigenvalue weighted by Gasteiger charge is 2.22. The second-order valence-electron chi connectivity index (χ2n) is 7.12. The van der Waals surface area contributed by atoms with Crippen LogP contribution in [-0.4, -0.2) is 17.1 Å². The van der Waals surface area contributed by atoms with E-state index in [1.165, 1.54) is 16.3 Å². The van der Waals surface area contributed by atoms with E-state index in [9.17, 15) is 4.79 Å². The molecule has 0 saturated heterocycles. The van der Waals surface area contributed by atoms with Crippen molar-refractivity contribution in [3.8, 4) is 11.1 Å². The van der Waals surface area contributed by atoms with Crippen LogP contribution in [0.15, 0.2) is 59.7 Å². The first-order valence-electron chi connectivity index (χ1n) is 9.67. The van der Waals surface area contributed by atoms with E-state index < -0.39 is 0 Å². The summed E-state index contributed by atoms with van der Waals surface area (Å²) in [5.41, 5.74) is 12.9. The van der Waals surface area contributed by atoms with Gasteiger partial charge in [0, 0.05) is 18.0 Å². The number of aryl methyl sites for hydroxylation is 2. The summed E-state index contributed by atoms with van der Waals surface area (Å²) in [6, 6.07) is 18.8. The normalized spacial score (nSPS) is 11.1. The zero-order chi connectivity index (χ0) is 20.5. The second kappa shape index (κ2) is 7.51. The van der Waals surface area contributed by atoms with Crippen LogP contribution in [0.2, 0.25) is 0 Å². The quantitative estimate of drug-likeness (QED) is 0.337. The van der Waals surface area contributed by atoms with Gasteiger partial charge in [0.05, 0.1) is 17.9 Å². The molecule has 5 heteroatoms. The SMILES string of the molecule is CCOC(=O)c1c(CN=N)n(C)c2cc(-c3cccc4c(C)cccc34)ccc12. The lowest BCUT2D eigenvalue weighted by molar-refractivity contribution is 0.0527. The van der Waals surface area contributed by atoms with Crippen molar-refractivity contribution >= 4 is 27.6 Å². The number of hydrogen-bond acceptors (Lipinski definition) is 4. The van der Waals surface area contributed by atoms with Gasteiger partial charge in [-0.25, -0.2) is 10.3 Å². The summed E-state index contributed by atoms with van der Waals surface area (Å²) in [4.78, 5) is 12.6. The minimum absolute atomic E-state index is 0.141. The zero-order valence-corrected chi connectivity index (χ0v) is 16.8. The van der Waals surface area contributed by atoms with E-state index in [1.807, 2.05) is 23.7 Å². The minimum Gasteiger partial charge on any atom is -0.462 e. The van der Waals surface area contributed by atoms with Gasteiger partial charge in [-0.15, -0.1) is 0 Å². The molecule has 4 rings (SSSR count). The third-order valence-electron chi connectivity index (χ3n) is 5.48. The summed E-state index contributed by atoms with van der Waals surface area (Å²) < 4.78 is 7.21. The molecule has 0 radical (unpaired) electrons. The van der Waals surface area contributed by atoms with E-state index >= 15 is 0 Å². The van der Waals surface area contributed by atoms with Crippen LogP contribution in [0.3, 0.4) is 0 Å². The Morgan fingerprint density at radius 2 is 1.83 bits per heavy atom. The Morgan fingerprint density at radius 3 is 2.59 bits per heavy atom. The third-order valence-corrected chi connectivity index (χ3v) is 5.48. The highest BCUT2D eigenvalue weighted by atomic mass is 16.5. The molecule has 1 N–H and O–H groups in total. The molecule has 5 nitrogen and oxygen atoms in total. The van der Waals surface area contributed by atoms with Crippen molar-refractivity contribution in [3.05, 3.63) is 71.4 Å². The van der Waals surface area contributed by atoms with Crippen LogP contribution in [0, 0.1) is 12.5 Å². The van der Waals surface area contributed by atoms with Gasteiger partial charge < -0.3 is 9.30 Å². The largest absolute Gasteiger partial charge is 0.462 e. The van der Waals surface area contributed by atoms with Gasteiger partial charge in [-0.1, -0.05) is 48.5 Å². The van der Waals surface area contributed by atoms with Crippen molar-refractivity contribution in [1.29, 1.82) is 5.53 Å². The van der Waals surface area contributed by atoms with E-state index in [4.69, 9.17) is 10.3 Å². The fourth-order valence-electron chi connectivity index (χ4n) is 4.07. The Morgan fingerprint density at radius 1 is 1.07 bits per heavy atom. The molecule has 0 spiro atoms. The standard InChI is InChI=1S/C24H23N3O2/c1-4-29-24(28)23-20-12-11-16(13-21(20)27(3)22(23)14-26-25)18-9-6-8-17-15(2)7-5-10-19(17)18/h5-13,25H,4,14H2,1-3H3. The van der Waals surface area contributed by atoms with Crippen LogP contribution < -0.4 is 0 Å². The molecule has 0 aliphatic rings. The number of esters is 1. The van der Waals surface area contributed by atoms with Gasteiger partial charge in [-0.3, -0.25) is 0 Å². The Balaban J connectivity index is 1.96. The van der Waals surface area contributed by atoms with Crippen LogP contribution in [0.25, 0.3) is 32.8 Å². The van der Waals surface area contributed by atoms with E-state index in [0.717, 1.165) is 22.0 Å². The van der Waals surface area contributed by atoms with E-state index in [0.29, 0.717) is 17.9 Å². The monoisotopic (exact) mass is 385 g/mol. The molecule has 4 aromatic rings. The van der Waals surface area contributed by atoms with Gasteiger partial charge in [0.2, 0.25) is 0 Å². The van der Waals surface area contributed by atoms with E-state index in [2.05, 4.69) is 54.5 Å². The fraction of sp³-hybridized carbons (Fsp3) is 0.208. The molecule has 0 bridgehead atoms. The minimum atomic E-state index is -0.370. The molecular formula is C24H23N3O2. The highest BCUT2D eigenvalue weighted by molar-refractivity contribution is 6.08. The predicted molar refractivity (Wildman–Crippen MR) is 115 cm³/mol. The summed E-state index contributed by atoms with van der Waals surface area (Å²) in [5.74, 6) is -0.370. The van der Waals surface area contributed by atoms with Crippen LogP contribution in [0.5, 0.6) is 0 Å². The van der Waals surface area contributed by atoms with Crippen LogP contribution >= 0.6 is 0 Å². The summed E-state index contributed by atoms with van der Waals surface area (Å²) in [6.07, 6.45) is 0. The van der Waals surface area contributed by atoms with Crippen LogP contribution in [0.4, 0.5) is 0 Å². The Hall–Kier alpha value is -3.47.